The third kappa shape index (κ3) is 1.49. The van der Waals surface area contributed by atoms with Gasteiger partial charge in [-0.3, -0.25) is 4.79 Å². The van der Waals surface area contributed by atoms with Gasteiger partial charge in [0.25, 0.3) is 0 Å². The summed E-state index contributed by atoms with van der Waals surface area (Å²) < 4.78 is 0. The van der Waals surface area contributed by atoms with E-state index in [4.69, 9.17) is 0 Å². The number of hydrogen-bond acceptors (Lipinski definition) is 1. The Morgan fingerprint density at radius 3 is 2.68 bits per heavy atom. The topological polar surface area (TPSA) is 17.1 Å². The summed E-state index contributed by atoms with van der Waals surface area (Å²) in [6.45, 7) is 7.60. The van der Waals surface area contributed by atoms with Crippen molar-refractivity contribution in [1.82, 2.24) is 0 Å². The average molecular weight is 298 g/mol. The van der Waals surface area contributed by atoms with Crippen LogP contribution in [0.25, 0.3) is 0 Å². The number of hydrogen-bond donors (Lipinski definition) is 0. The molecule has 0 heterocycles. The molecule has 0 aromatic heterocycles. The molecule has 5 aliphatic rings. The normalized spacial score (nSPS) is 59.0. The van der Waals surface area contributed by atoms with Crippen LogP contribution < -0.4 is 0 Å². The maximum atomic E-state index is 12.0. The predicted octanol–water partition coefficient (Wildman–Crippen LogP) is 5.01. The van der Waals surface area contributed by atoms with E-state index in [1.54, 1.807) is 5.57 Å². The maximum absolute atomic E-state index is 12.0. The second-order valence-electron chi connectivity index (χ2n) is 9.82. The Morgan fingerprint density at radius 1 is 1.05 bits per heavy atom. The molecule has 0 amide bonds. The largest absolute Gasteiger partial charge is 0.295 e. The van der Waals surface area contributed by atoms with E-state index in [1.807, 2.05) is 0 Å². The molecule has 0 bridgehead atoms. The van der Waals surface area contributed by atoms with Crippen molar-refractivity contribution in [3.8, 4) is 0 Å². The Balaban J connectivity index is 1.61. The lowest BCUT2D eigenvalue weighted by atomic mass is 9.47. The molecule has 0 radical (unpaired) electrons. The van der Waals surface area contributed by atoms with Crippen LogP contribution >= 0.6 is 0 Å². The van der Waals surface area contributed by atoms with Gasteiger partial charge >= 0.3 is 0 Å². The summed E-state index contributed by atoms with van der Waals surface area (Å²) in [4.78, 5) is 12.0. The van der Waals surface area contributed by atoms with Crippen LogP contribution in [-0.2, 0) is 4.79 Å². The number of rotatable bonds is 0. The molecular weight excluding hydrogens is 268 g/mol. The fourth-order valence-corrected chi connectivity index (χ4v) is 7.85. The van der Waals surface area contributed by atoms with Crippen molar-refractivity contribution in [2.75, 3.05) is 0 Å². The fraction of sp³-hybridized carbons (Fsp3) is 0.857. The van der Waals surface area contributed by atoms with Crippen LogP contribution in [0.1, 0.15) is 65.7 Å². The number of carbonyl (C=O) groups excluding carboxylic acids is 1. The first-order valence-electron chi connectivity index (χ1n) is 9.71. The molecule has 1 heteroatoms. The Labute approximate surface area is 134 Å². The predicted molar refractivity (Wildman–Crippen MR) is 88.2 cm³/mol. The molecule has 1 nitrogen and oxygen atoms in total. The molecule has 4 fully saturated rings. The molecule has 7 unspecified atom stereocenters. The first-order chi connectivity index (χ1) is 10.5. The Bertz CT molecular complexity index is 574. The van der Waals surface area contributed by atoms with Crippen LogP contribution in [0.2, 0.25) is 0 Å². The van der Waals surface area contributed by atoms with Crippen molar-refractivity contribution in [2.24, 2.45) is 46.3 Å². The smallest absolute Gasteiger partial charge is 0.155 e. The first-order valence-corrected chi connectivity index (χ1v) is 9.71. The van der Waals surface area contributed by atoms with Crippen LogP contribution in [0.3, 0.4) is 0 Å². The summed E-state index contributed by atoms with van der Waals surface area (Å²) in [5.41, 5.74) is 2.59. The van der Waals surface area contributed by atoms with Gasteiger partial charge < -0.3 is 0 Å². The summed E-state index contributed by atoms with van der Waals surface area (Å²) in [7, 11) is 0. The third-order valence-electron chi connectivity index (χ3n) is 9.05. The van der Waals surface area contributed by atoms with E-state index < -0.39 is 0 Å². The van der Waals surface area contributed by atoms with Crippen molar-refractivity contribution in [2.45, 2.75) is 65.7 Å². The minimum atomic E-state index is 0.356. The van der Waals surface area contributed by atoms with Gasteiger partial charge in [0.05, 0.1) is 0 Å². The molecule has 4 saturated carbocycles. The summed E-state index contributed by atoms with van der Waals surface area (Å²) in [6.07, 6.45) is 11.3. The zero-order valence-electron chi connectivity index (χ0n) is 14.4. The molecule has 0 spiro atoms. The highest BCUT2D eigenvalue weighted by molar-refractivity contribution is 5.92. The second-order valence-corrected chi connectivity index (χ2v) is 9.82. The van der Waals surface area contributed by atoms with E-state index >= 15 is 0 Å². The molecule has 0 aromatic rings. The van der Waals surface area contributed by atoms with Crippen LogP contribution in [0.5, 0.6) is 0 Å². The molecule has 8 atom stereocenters. The quantitative estimate of drug-likeness (QED) is 0.614. The molecular formula is C21H30O. The van der Waals surface area contributed by atoms with Crippen molar-refractivity contribution in [3.05, 3.63) is 11.6 Å². The molecule has 0 saturated heterocycles. The van der Waals surface area contributed by atoms with Gasteiger partial charge in [0.2, 0.25) is 0 Å². The van der Waals surface area contributed by atoms with E-state index in [9.17, 15) is 4.79 Å². The SMILES string of the molecule is CC1C2C3=CC(=O)CCC3(C)C3CC[C@]4(C)CCCC4C3C12. The number of ketones is 1. The Hall–Kier alpha value is -0.590. The maximum Gasteiger partial charge on any atom is 0.155 e. The van der Waals surface area contributed by atoms with Gasteiger partial charge in [-0.15, -0.1) is 0 Å². The molecule has 0 aromatic carbocycles. The highest BCUT2D eigenvalue weighted by atomic mass is 16.1. The molecule has 22 heavy (non-hydrogen) atoms. The van der Waals surface area contributed by atoms with Gasteiger partial charge in [0.15, 0.2) is 5.78 Å². The minimum Gasteiger partial charge on any atom is -0.295 e. The lowest BCUT2D eigenvalue weighted by Crippen LogP contribution is -2.50. The van der Waals surface area contributed by atoms with Crippen LogP contribution in [0, 0.1) is 46.3 Å². The Kier molecular flexibility index (Phi) is 2.56. The van der Waals surface area contributed by atoms with Gasteiger partial charge in [0, 0.05) is 6.42 Å². The number of carbonyl (C=O) groups is 1. The zero-order chi connectivity index (χ0) is 15.3. The number of allylic oxidation sites excluding steroid dienone is 1. The van der Waals surface area contributed by atoms with Crippen molar-refractivity contribution in [3.63, 3.8) is 0 Å². The van der Waals surface area contributed by atoms with Gasteiger partial charge in [-0.25, -0.2) is 0 Å². The summed E-state index contributed by atoms with van der Waals surface area (Å²) in [6, 6.07) is 0. The van der Waals surface area contributed by atoms with E-state index in [1.165, 1.54) is 32.1 Å². The van der Waals surface area contributed by atoms with E-state index in [0.717, 1.165) is 48.3 Å². The van der Waals surface area contributed by atoms with E-state index in [2.05, 4.69) is 26.8 Å². The zero-order valence-corrected chi connectivity index (χ0v) is 14.4. The van der Waals surface area contributed by atoms with E-state index in [-0.39, 0.29) is 0 Å². The van der Waals surface area contributed by atoms with Crippen molar-refractivity contribution < 1.29 is 4.79 Å². The lowest BCUT2D eigenvalue weighted by Gasteiger charge is -2.57. The van der Waals surface area contributed by atoms with Crippen LogP contribution in [0.4, 0.5) is 0 Å². The van der Waals surface area contributed by atoms with Crippen LogP contribution in [0.15, 0.2) is 11.6 Å². The van der Waals surface area contributed by atoms with E-state index in [0.29, 0.717) is 16.6 Å². The Morgan fingerprint density at radius 2 is 1.86 bits per heavy atom. The van der Waals surface area contributed by atoms with Crippen molar-refractivity contribution >= 4 is 5.78 Å². The first kappa shape index (κ1) is 13.8. The minimum absolute atomic E-state index is 0.356. The molecule has 5 rings (SSSR count). The lowest BCUT2D eigenvalue weighted by molar-refractivity contribution is -0.117. The van der Waals surface area contributed by atoms with Crippen LogP contribution in [-0.4, -0.2) is 5.78 Å². The third-order valence-corrected chi connectivity index (χ3v) is 9.05. The number of fused-ring (bicyclic) bond motifs is 8. The summed E-state index contributed by atoms with van der Waals surface area (Å²) in [5, 5.41) is 0. The molecule has 5 aliphatic carbocycles. The monoisotopic (exact) mass is 298 g/mol. The van der Waals surface area contributed by atoms with Gasteiger partial charge in [-0.1, -0.05) is 32.8 Å². The molecule has 0 N–H and O–H groups in total. The average Bonchev–Trinajstić information content (AvgIpc) is 2.96. The summed E-state index contributed by atoms with van der Waals surface area (Å²) >= 11 is 0. The highest BCUT2D eigenvalue weighted by Crippen LogP contribution is 2.75. The highest BCUT2D eigenvalue weighted by Gasteiger charge is 2.69. The standard InChI is InChI=1S/C21H30O/c1-12-17-16-11-13(22)6-10-21(16,3)15-7-9-20(2)8-4-5-14(20)19(15)18(12)17/h11-12,14-15,17-19H,4-10H2,1-3H3/t12?,14?,15?,17?,18?,19?,20-,21?/m0/s1. The van der Waals surface area contributed by atoms with Gasteiger partial charge in [0.1, 0.15) is 0 Å². The second kappa shape index (κ2) is 4.08. The van der Waals surface area contributed by atoms with Gasteiger partial charge in [-0.2, -0.15) is 0 Å². The van der Waals surface area contributed by atoms with Crippen molar-refractivity contribution in [1.29, 1.82) is 0 Å². The summed E-state index contributed by atoms with van der Waals surface area (Å²) in [5.74, 6) is 5.75. The molecule has 120 valence electrons. The molecule has 0 aliphatic heterocycles. The fourth-order valence-electron chi connectivity index (χ4n) is 7.85. The van der Waals surface area contributed by atoms with Gasteiger partial charge in [-0.05, 0) is 84.5 Å².